The zero-order valence-corrected chi connectivity index (χ0v) is 15.2. The van der Waals surface area contributed by atoms with Gasteiger partial charge in [-0.2, -0.15) is 0 Å². The average Bonchev–Trinajstić information content (AvgIpc) is 2.57. The van der Waals surface area contributed by atoms with Gasteiger partial charge in [0.1, 0.15) is 0 Å². The molecule has 0 radical (unpaired) electrons. The Labute approximate surface area is 151 Å². The van der Waals surface area contributed by atoms with Gasteiger partial charge in [0, 0.05) is 6.42 Å². The van der Waals surface area contributed by atoms with Crippen molar-refractivity contribution >= 4 is 5.97 Å². The van der Waals surface area contributed by atoms with Crippen LogP contribution in [0, 0.1) is 10.1 Å². The van der Waals surface area contributed by atoms with Gasteiger partial charge in [-0.05, 0) is 44.6 Å². The van der Waals surface area contributed by atoms with E-state index in [0.29, 0.717) is 12.8 Å². The van der Waals surface area contributed by atoms with Crippen molar-refractivity contribution in [1.29, 1.82) is 0 Å². The van der Waals surface area contributed by atoms with Crippen LogP contribution in [-0.4, -0.2) is 16.0 Å². The van der Waals surface area contributed by atoms with Crippen molar-refractivity contribution in [2.75, 3.05) is 0 Å². The minimum atomic E-state index is -0.876. The van der Waals surface area contributed by atoms with Crippen molar-refractivity contribution in [1.82, 2.24) is 0 Å². The maximum atomic E-state index is 10.9. The number of carbonyl (C=O) groups is 1. The van der Waals surface area contributed by atoms with Crippen molar-refractivity contribution < 1.29 is 14.8 Å². The molecule has 0 aromatic heterocycles. The minimum Gasteiger partial charge on any atom is -0.481 e. The lowest BCUT2D eigenvalue weighted by Gasteiger charge is -1.95. The second-order valence-corrected chi connectivity index (χ2v) is 5.82. The van der Waals surface area contributed by atoms with E-state index in [0.717, 1.165) is 19.3 Å². The zero-order valence-electron chi connectivity index (χ0n) is 15.2. The number of aliphatic carboxylic acids is 1. The third-order valence-electron chi connectivity index (χ3n) is 3.55. The number of allylic oxidation sites excluding steroid dienone is 7. The van der Waals surface area contributed by atoms with Gasteiger partial charge >= 0.3 is 5.97 Å². The second-order valence-electron chi connectivity index (χ2n) is 5.82. The summed E-state index contributed by atoms with van der Waals surface area (Å²) in [4.78, 5) is 20.9. The summed E-state index contributed by atoms with van der Waals surface area (Å²) in [5.74, 6) is -0.876. The zero-order chi connectivity index (χ0) is 18.8. The number of rotatable bonds is 15. The highest BCUT2D eigenvalue weighted by Crippen LogP contribution is 2.08. The maximum Gasteiger partial charge on any atom is 0.303 e. The summed E-state index contributed by atoms with van der Waals surface area (Å²) in [6.45, 7) is 2.20. The molecular weight excluding hydrogens is 318 g/mol. The Morgan fingerprint density at radius 3 is 2.20 bits per heavy atom. The van der Waals surface area contributed by atoms with Gasteiger partial charge in [0.15, 0.2) is 0 Å². The molecule has 0 spiro atoms. The van der Waals surface area contributed by atoms with E-state index >= 15 is 0 Å². The van der Waals surface area contributed by atoms with E-state index in [1.807, 2.05) is 6.08 Å². The Balaban J connectivity index is 3.94. The van der Waals surface area contributed by atoms with Gasteiger partial charge in [-0.25, -0.2) is 0 Å². The van der Waals surface area contributed by atoms with Crippen LogP contribution in [-0.2, 0) is 4.79 Å². The third-order valence-corrected chi connectivity index (χ3v) is 3.55. The molecule has 0 atom stereocenters. The molecule has 1 N–H and O–H groups in total. The lowest BCUT2D eigenvalue weighted by atomic mass is 10.2. The van der Waals surface area contributed by atoms with Crippen LogP contribution in [0.3, 0.4) is 0 Å². The van der Waals surface area contributed by atoms with Crippen LogP contribution in [0.1, 0.15) is 71.1 Å². The summed E-state index contributed by atoms with van der Waals surface area (Å²) >= 11 is 0. The number of carboxylic acids is 1. The topological polar surface area (TPSA) is 80.4 Å². The van der Waals surface area contributed by atoms with E-state index in [1.165, 1.54) is 25.3 Å². The first-order valence-electron chi connectivity index (χ1n) is 9.08. The average molecular weight is 349 g/mol. The van der Waals surface area contributed by atoms with Crippen LogP contribution >= 0.6 is 0 Å². The van der Waals surface area contributed by atoms with E-state index in [1.54, 1.807) is 6.08 Å². The first-order valence-corrected chi connectivity index (χ1v) is 9.08. The molecule has 25 heavy (non-hydrogen) atoms. The highest BCUT2D eigenvalue weighted by Gasteiger charge is 2.07. The lowest BCUT2D eigenvalue weighted by Crippen LogP contribution is -1.98. The summed E-state index contributed by atoms with van der Waals surface area (Å²) in [7, 11) is 0. The largest absolute Gasteiger partial charge is 0.481 e. The Kier molecular flexibility index (Phi) is 15.2. The number of hydrogen-bond acceptors (Lipinski definition) is 3. The molecule has 0 bridgehead atoms. The second kappa shape index (κ2) is 16.7. The number of nitro groups is 1. The van der Waals surface area contributed by atoms with Crippen LogP contribution in [0.25, 0.3) is 0 Å². The molecule has 0 aromatic carbocycles. The highest BCUT2D eigenvalue weighted by molar-refractivity contribution is 5.66. The Hall–Kier alpha value is -2.17. The number of nitrogens with zero attached hydrogens (tertiary/aromatic N) is 1. The molecular formula is C20H31NO4. The van der Waals surface area contributed by atoms with Crippen molar-refractivity contribution in [3.05, 3.63) is 58.3 Å². The van der Waals surface area contributed by atoms with E-state index in [9.17, 15) is 14.9 Å². The van der Waals surface area contributed by atoms with E-state index < -0.39 is 10.9 Å². The van der Waals surface area contributed by atoms with E-state index in [2.05, 4.69) is 31.2 Å². The Morgan fingerprint density at radius 1 is 0.960 bits per heavy atom. The normalized spacial score (nSPS) is 12.6. The fourth-order valence-electron chi connectivity index (χ4n) is 2.13. The molecule has 140 valence electrons. The van der Waals surface area contributed by atoms with Crippen LogP contribution in [0.5, 0.6) is 0 Å². The summed E-state index contributed by atoms with van der Waals surface area (Å²) in [6, 6.07) is 0. The minimum absolute atomic E-state index is 0.0369. The van der Waals surface area contributed by atoms with Gasteiger partial charge < -0.3 is 5.11 Å². The number of carboxylic acid groups (broad SMARTS) is 1. The van der Waals surface area contributed by atoms with Gasteiger partial charge in [-0.15, -0.1) is 0 Å². The predicted octanol–water partition coefficient (Wildman–Crippen LogP) is 5.82. The summed E-state index contributed by atoms with van der Waals surface area (Å²) < 4.78 is 0. The van der Waals surface area contributed by atoms with Gasteiger partial charge in [0.05, 0.1) is 11.3 Å². The lowest BCUT2D eigenvalue weighted by molar-refractivity contribution is -0.427. The molecule has 0 aliphatic carbocycles. The molecule has 0 aliphatic heterocycles. The Morgan fingerprint density at radius 2 is 1.60 bits per heavy atom. The van der Waals surface area contributed by atoms with Crippen molar-refractivity contribution in [2.45, 2.75) is 71.1 Å². The van der Waals surface area contributed by atoms with Crippen molar-refractivity contribution in [3.8, 4) is 0 Å². The van der Waals surface area contributed by atoms with Crippen LogP contribution in [0.15, 0.2) is 48.2 Å². The Bertz CT molecular complexity index is 490. The highest BCUT2D eigenvalue weighted by atomic mass is 16.6. The molecule has 0 aromatic rings. The SMILES string of the molecule is CCCCCC=CCC=CCC=CCC(=CCCCC(=O)O)[N+](=O)[O-]. The molecule has 5 nitrogen and oxygen atoms in total. The number of hydrogen-bond donors (Lipinski definition) is 1. The van der Waals surface area contributed by atoms with E-state index in [4.69, 9.17) is 5.11 Å². The smallest absolute Gasteiger partial charge is 0.303 e. The molecule has 0 amide bonds. The summed E-state index contributed by atoms with van der Waals surface area (Å²) in [6.07, 6.45) is 21.5. The first-order chi connectivity index (χ1) is 12.1. The molecule has 0 rings (SSSR count). The van der Waals surface area contributed by atoms with Gasteiger partial charge in [0.25, 0.3) is 0 Å². The molecule has 0 heterocycles. The molecule has 5 heteroatoms. The van der Waals surface area contributed by atoms with Gasteiger partial charge in [-0.3, -0.25) is 14.9 Å². The third kappa shape index (κ3) is 16.5. The van der Waals surface area contributed by atoms with E-state index in [-0.39, 0.29) is 18.5 Å². The molecule has 0 saturated heterocycles. The monoisotopic (exact) mass is 349 g/mol. The fraction of sp³-hybridized carbons (Fsp3) is 0.550. The summed E-state index contributed by atoms with van der Waals surface area (Å²) in [5.41, 5.74) is 0.126. The van der Waals surface area contributed by atoms with Crippen LogP contribution < -0.4 is 0 Å². The quantitative estimate of drug-likeness (QED) is 0.175. The van der Waals surface area contributed by atoms with Crippen molar-refractivity contribution in [3.63, 3.8) is 0 Å². The molecule has 0 saturated carbocycles. The molecule has 0 unspecified atom stereocenters. The molecule has 0 aliphatic rings. The van der Waals surface area contributed by atoms with Gasteiger partial charge in [-0.1, -0.05) is 56.2 Å². The fourth-order valence-corrected chi connectivity index (χ4v) is 2.13. The van der Waals surface area contributed by atoms with Crippen LogP contribution in [0.2, 0.25) is 0 Å². The number of unbranched alkanes of at least 4 members (excludes halogenated alkanes) is 4. The van der Waals surface area contributed by atoms with Crippen LogP contribution in [0.4, 0.5) is 0 Å². The van der Waals surface area contributed by atoms with Crippen molar-refractivity contribution in [2.24, 2.45) is 0 Å². The predicted molar refractivity (Wildman–Crippen MR) is 102 cm³/mol. The maximum absolute atomic E-state index is 10.9. The summed E-state index contributed by atoms with van der Waals surface area (Å²) in [5, 5.41) is 19.5. The standard InChI is InChI=1S/C20H31NO4/c1-2-3-4-5-6-7-8-9-10-11-12-13-16-19(21(24)25)17-14-15-18-20(22)23/h6-7,9-10,12-13,17H,2-5,8,11,14-16,18H2,1H3,(H,22,23). The molecule has 0 fully saturated rings. The first kappa shape index (κ1) is 22.8. The van der Waals surface area contributed by atoms with Gasteiger partial charge in [0.2, 0.25) is 5.70 Å².